The third kappa shape index (κ3) is 1.18. The van der Waals surface area contributed by atoms with Crippen LogP contribution in [-0.4, -0.2) is 23.6 Å². The van der Waals surface area contributed by atoms with Gasteiger partial charge in [-0.3, -0.25) is 9.78 Å². The van der Waals surface area contributed by atoms with E-state index in [0.717, 1.165) is 6.54 Å². The molecule has 0 amide bonds. The first-order valence-corrected chi connectivity index (χ1v) is 3.96. The summed E-state index contributed by atoms with van der Waals surface area (Å²) in [4.78, 5) is 19.8. The summed E-state index contributed by atoms with van der Waals surface area (Å²) in [7, 11) is 1.87. The predicted octanol–water partition coefficient (Wildman–Crippen LogP) is -0.185. The summed E-state index contributed by atoms with van der Waals surface area (Å²) in [5.41, 5.74) is 5.81. The molecule has 68 valence electrons. The lowest BCUT2D eigenvalue weighted by Gasteiger charge is -2.21. The summed E-state index contributed by atoms with van der Waals surface area (Å²) in [6, 6.07) is 0. The number of fused-ring (bicyclic) bond motifs is 1. The summed E-state index contributed by atoms with van der Waals surface area (Å²) in [6.45, 7) is 0.753. The molecule has 2 heterocycles. The lowest BCUT2D eigenvalue weighted by Crippen LogP contribution is -2.27. The first kappa shape index (κ1) is 7.85. The molecule has 1 aromatic heterocycles. The topological polar surface area (TPSA) is 75.0 Å². The molecular weight excluding hydrogens is 168 g/mol. The van der Waals surface area contributed by atoms with Crippen LogP contribution >= 0.6 is 0 Å². The quantitative estimate of drug-likeness (QED) is 0.577. The average Bonchev–Trinajstić information content (AvgIpc) is 2.07. The number of nitrogens with two attached hydrogens (primary N) is 1. The maximum atomic E-state index is 11.4. The fraction of sp³-hybridized carbons (Fsp3) is 0.250. The molecule has 0 unspecified atom stereocenters. The van der Waals surface area contributed by atoms with Crippen molar-refractivity contribution in [3.05, 3.63) is 22.0 Å². The molecule has 5 heteroatoms. The van der Waals surface area contributed by atoms with Gasteiger partial charge in [0.05, 0.1) is 5.56 Å². The normalized spacial score (nSPS) is 14.4. The molecule has 13 heavy (non-hydrogen) atoms. The lowest BCUT2D eigenvalue weighted by atomic mass is 10.2. The van der Waals surface area contributed by atoms with Crippen LogP contribution in [0.25, 0.3) is 6.08 Å². The van der Waals surface area contributed by atoms with Gasteiger partial charge in [0, 0.05) is 13.6 Å². The minimum Gasteiger partial charge on any atom is -0.369 e. The number of nitrogens with one attached hydrogen (secondary N) is 1. The average molecular weight is 178 g/mol. The molecule has 1 aromatic rings. The molecule has 0 atom stereocenters. The van der Waals surface area contributed by atoms with Crippen molar-refractivity contribution in [3.63, 3.8) is 0 Å². The lowest BCUT2D eigenvalue weighted by molar-refractivity contribution is 0.955. The third-order valence-electron chi connectivity index (χ3n) is 1.98. The van der Waals surface area contributed by atoms with Gasteiger partial charge in [0.15, 0.2) is 0 Å². The van der Waals surface area contributed by atoms with E-state index < -0.39 is 0 Å². The van der Waals surface area contributed by atoms with Crippen LogP contribution in [0.1, 0.15) is 5.56 Å². The van der Waals surface area contributed by atoms with Crippen molar-refractivity contribution >= 4 is 17.8 Å². The van der Waals surface area contributed by atoms with Crippen LogP contribution in [0.3, 0.4) is 0 Å². The second-order valence-electron chi connectivity index (χ2n) is 2.97. The van der Waals surface area contributed by atoms with Gasteiger partial charge in [-0.2, -0.15) is 4.98 Å². The number of nitrogens with zero attached hydrogens (tertiary/aromatic N) is 2. The zero-order valence-electron chi connectivity index (χ0n) is 7.24. The Hall–Kier alpha value is -1.78. The Balaban J connectivity index is 2.72. The number of aromatic nitrogens is 2. The number of hydrogen-bond acceptors (Lipinski definition) is 4. The number of anilines is 2. The molecule has 2 rings (SSSR count). The van der Waals surface area contributed by atoms with Crippen molar-refractivity contribution in [2.45, 2.75) is 0 Å². The molecular formula is C8H10N4O. The Morgan fingerprint density at radius 2 is 2.46 bits per heavy atom. The highest BCUT2D eigenvalue weighted by atomic mass is 16.1. The van der Waals surface area contributed by atoms with Gasteiger partial charge < -0.3 is 10.6 Å². The van der Waals surface area contributed by atoms with Gasteiger partial charge >= 0.3 is 0 Å². The third-order valence-corrected chi connectivity index (χ3v) is 1.98. The molecule has 0 aliphatic carbocycles. The fourth-order valence-corrected chi connectivity index (χ4v) is 1.34. The predicted molar refractivity (Wildman–Crippen MR) is 51.6 cm³/mol. The van der Waals surface area contributed by atoms with Gasteiger partial charge in [-0.1, -0.05) is 6.08 Å². The van der Waals surface area contributed by atoms with Crippen LogP contribution in [0.15, 0.2) is 10.9 Å². The van der Waals surface area contributed by atoms with E-state index in [1.165, 1.54) is 0 Å². The van der Waals surface area contributed by atoms with E-state index >= 15 is 0 Å². The zero-order valence-corrected chi connectivity index (χ0v) is 7.24. The summed E-state index contributed by atoms with van der Waals surface area (Å²) in [5.74, 6) is 0.801. The van der Waals surface area contributed by atoms with Gasteiger partial charge in [0.2, 0.25) is 5.95 Å². The highest BCUT2D eigenvalue weighted by molar-refractivity contribution is 5.67. The van der Waals surface area contributed by atoms with Crippen molar-refractivity contribution in [3.8, 4) is 0 Å². The van der Waals surface area contributed by atoms with Crippen molar-refractivity contribution in [2.24, 2.45) is 0 Å². The van der Waals surface area contributed by atoms with Gasteiger partial charge in [-0.15, -0.1) is 0 Å². The number of nitrogen functional groups attached to an aromatic ring is 1. The highest BCUT2D eigenvalue weighted by Gasteiger charge is 2.14. The molecule has 0 saturated carbocycles. The van der Waals surface area contributed by atoms with Crippen LogP contribution in [0.2, 0.25) is 0 Å². The minimum absolute atomic E-state index is 0.158. The van der Waals surface area contributed by atoms with E-state index in [9.17, 15) is 4.79 Å². The van der Waals surface area contributed by atoms with E-state index in [0.29, 0.717) is 11.4 Å². The second-order valence-corrected chi connectivity index (χ2v) is 2.97. The van der Waals surface area contributed by atoms with E-state index in [2.05, 4.69) is 9.97 Å². The number of hydrogen-bond donors (Lipinski definition) is 2. The fourth-order valence-electron chi connectivity index (χ4n) is 1.34. The van der Waals surface area contributed by atoms with Crippen LogP contribution in [0, 0.1) is 0 Å². The van der Waals surface area contributed by atoms with Crippen LogP contribution in [0.5, 0.6) is 0 Å². The molecule has 0 saturated heterocycles. The monoisotopic (exact) mass is 178 g/mol. The molecule has 0 aromatic carbocycles. The van der Waals surface area contributed by atoms with Crippen molar-refractivity contribution in [1.29, 1.82) is 0 Å². The van der Waals surface area contributed by atoms with E-state index in [1.807, 2.05) is 18.0 Å². The molecule has 0 bridgehead atoms. The van der Waals surface area contributed by atoms with Crippen molar-refractivity contribution < 1.29 is 0 Å². The minimum atomic E-state index is -0.190. The van der Waals surface area contributed by atoms with Crippen LogP contribution in [0.4, 0.5) is 11.8 Å². The molecule has 5 nitrogen and oxygen atoms in total. The standard InChI is InChI=1S/C8H10N4O/c1-12-4-2-3-5-6(12)10-8(9)11-7(5)13/h2-3H,4H2,1H3,(H3,9,10,11,13). The first-order chi connectivity index (χ1) is 6.18. The Bertz CT molecular complexity index is 421. The van der Waals surface area contributed by atoms with E-state index in [-0.39, 0.29) is 11.5 Å². The summed E-state index contributed by atoms with van der Waals surface area (Å²) in [6.07, 6.45) is 3.68. The van der Waals surface area contributed by atoms with Crippen LogP contribution < -0.4 is 16.2 Å². The van der Waals surface area contributed by atoms with Gasteiger partial charge in [-0.25, -0.2) is 0 Å². The zero-order chi connectivity index (χ0) is 9.42. The smallest absolute Gasteiger partial charge is 0.261 e. The van der Waals surface area contributed by atoms with Gasteiger partial charge in [0.1, 0.15) is 5.82 Å². The SMILES string of the molecule is CN1CC=Cc2c1nc(N)[nH]c2=O. The van der Waals surface area contributed by atoms with Crippen molar-refractivity contribution in [1.82, 2.24) is 9.97 Å². The Labute approximate surface area is 74.9 Å². The molecule has 3 N–H and O–H groups in total. The van der Waals surface area contributed by atoms with Crippen molar-refractivity contribution in [2.75, 3.05) is 24.2 Å². The first-order valence-electron chi connectivity index (χ1n) is 3.96. The highest BCUT2D eigenvalue weighted by Crippen LogP contribution is 2.18. The van der Waals surface area contributed by atoms with Gasteiger partial charge in [0.25, 0.3) is 5.56 Å². The Morgan fingerprint density at radius 3 is 3.23 bits per heavy atom. The number of aromatic amines is 1. The van der Waals surface area contributed by atoms with Crippen LogP contribution in [-0.2, 0) is 0 Å². The molecule has 1 aliphatic rings. The van der Waals surface area contributed by atoms with E-state index in [1.54, 1.807) is 6.08 Å². The number of H-pyrrole nitrogens is 1. The molecule has 0 fully saturated rings. The molecule has 1 aliphatic heterocycles. The Kier molecular flexibility index (Phi) is 1.58. The van der Waals surface area contributed by atoms with E-state index in [4.69, 9.17) is 5.73 Å². The number of likely N-dealkylation sites (N-methyl/N-ethyl adjacent to an activating group) is 1. The summed E-state index contributed by atoms with van der Waals surface area (Å²) in [5, 5.41) is 0. The summed E-state index contributed by atoms with van der Waals surface area (Å²) >= 11 is 0. The maximum absolute atomic E-state index is 11.4. The molecule has 0 radical (unpaired) electrons. The molecule has 0 spiro atoms. The Morgan fingerprint density at radius 1 is 1.69 bits per heavy atom. The maximum Gasteiger partial charge on any atom is 0.261 e. The number of rotatable bonds is 0. The largest absolute Gasteiger partial charge is 0.369 e. The second kappa shape index (κ2) is 2.62. The summed E-state index contributed by atoms with van der Waals surface area (Å²) < 4.78 is 0. The van der Waals surface area contributed by atoms with Gasteiger partial charge in [-0.05, 0) is 6.08 Å².